The van der Waals surface area contributed by atoms with Crippen molar-refractivity contribution in [2.45, 2.75) is 26.3 Å². The number of thiazole rings is 1. The Morgan fingerprint density at radius 3 is 3.06 bits per heavy atom. The van der Waals surface area contributed by atoms with E-state index in [0.717, 1.165) is 6.42 Å². The first-order chi connectivity index (χ1) is 7.71. The van der Waals surface area contributed by atoms with E-state index in [1.54, 1.807) is 6.92 Å². The fourth-order valence-electron chi connectivity index (χ4n) is 1.05. The van der Waals surface area contributed by atoms with Crippen LogP contribution in [-0.4, -0.2) is 23.6 Å². The maximum Gasteiger partial charge on any atom is 0.350 e. The SMILES string of the molecule is C#CC(CC)Nc1ncc(C(=O)OCC)s1. The Morgan fingerprint density at radius 2 is 2.50 bits per heavy atom. The summed E-state index contributed by atoms with van der Waals surface area (Å²) in [6.07, 6.45) is 7.62. The van der Waals surface area contributed by atoms with Gasteiger partial charge in [0.2, 0.25) is 0 Å². The molecule has 4 nitrogen and oxygen atoms in total. The van der Waals surface area contributed by atoms with E-state index in [2.05, 4.69) is 16.2 Å². The molecule has 0 spiro atoms. The van der Waals surface area contributed by atoms with Gasteiger partial charge in [-0.15, -0.1) is 6.42 Å². The molecule has 5 heteroatoms. The van der Waals surface area contributed by atoms with Gasteiger partial charge in [0.1, 0.15) is 4.88 Å². The first kappa shape index (κ1) is 12.5. The third-order valence-electron chi connectivity index (χ3n) is 1.89. The third-order valence-corrected chi connectivity index (χ3v) is 2.80. The van der Waals surface area contributed by atoms with E-state index in [4.69, 9.17) is 11.2 Å². The molecule has 0 fully saturated rings. The van der Waals surface area contributed by atoms with E-state index in [9.17, 15) is 4.79 Å². The number of esters is 1. The number of ether oxygens (including phenoxy) is 1. The van der Waals surface area contributed by atoms with Crippen LogP contribution >= 0.6 is 11.3 Å². The summed E-state index contributed by atoms with van der Waals surface area (Å²) >= 11 is 1.25. The minimum atomic E-state index is -0.346. The summed E-state index contributed by atoms with van der Waals surface area (Å²) in [5, 5.41) is 3.71. The number of hydrogen-bond acceptors (Lipinski definition) is 5. The van der Waals surface area contributed by atoms with Crippen molar-refractivity contribution >= 4 is 22.4 Å². The molecule has 1 aromatic heterocycles. The second-order valence-electron chi connectivity index (χ2n) is 3.02. The molecule has 0 amide bonds. The van der Waals surface area contributed by atoms with Gasteiger partial charge in [0, 0.05) is 0 Å². The number of hydrogen-bond donors (Lipinski definition) is 1. The van der Waals surface area contributed by atoms with Crippen molar-refractivity contribution in [3.63, 3.8) is 0 Å². The second kappa shape index (κ2) is 6.13. The molecule has 1 heterocycles. The Hall–Kier alpha value is -1.54. The number of terminal acetylenes is 1. The third kappa shape index (κ3) is 3.24. The average molecular weight is 238 g/mol. The fourth-order valence-corrected chi connectivity index (χ4v) is 1.81. The van der Waals surface area contributed by atoms with Gasteiger partial charge >= 0.3 is 5.97 Å². The maximum absolute atomic E-state index is 11.4. The summed E-state index contributed by atoms with van der Waals surface area (Å²) in [7, 11) is 0. The van der Waals surface area contributed by atoms with Crippen LogP contribution in [0.5, 0.6) is 0 Å². The van der Waals surface area contributed by atoms with Crippen molar-refractivity contribution in [1.29, 1.82) is 0 Å². The van der Waals surface area contributed by atoms with E-state index in [-0.39, 0.29) is 12.0 Å². The highest BCUT2D eigenvalue weighted by Crippen LogP contribution is 2.20. The highest BCUT2D eigenvalue weighted by molar-refractivity contribution is 7.17. The second-order valence-corrected chi connectivity index (χ2v) is 4.05. The molecule has 0 radical (unpaired) electrons. The molecule has 0 saturated carbocycles. The lowest BCUT2D eigenvalue weighted by molar-refractivity contribution is 0.0532. The van der Waals surface area contributed by atoms with Gasteiger partial charge in [-0.1, -0.05) is 24.2 Å². The number of nitrogens with one attached hydrogen (secondary N) is 1. The number of carbonyl (C=O) groups excluding carboxylic acids is 1. The van der Waals surface area contributed by atoms with Gasteiger partial charge in [0.05, 0.1) is 18.8 Å². The smallest absolute Gasteiger partial charge is 0.350 e. The first-order valence-corrected chi connectivity index (χ1v) is 5.88. The number of carbonyl (C=O) groups is 1. The van der Waals surface area contributed by atoms with Gasteiger partial charge in [-0.05, 0) is 13.3 Å². The van der Waals surface area contributed by atoms with Crippen LogP contribution in [0.1, 0.15) is 29.9 Å². The molecule has 86 valence electrons. The van der Waals surface area contributed by atoms with Crippen LogP contribution < -0.4 is 5.32 Å². The Labute approximate surface area is 99.0 Å². The minimum absolute atomic E-state index is 0.0544. The Bertz CT molecular complexity index is 395. The normalized spacial score (nSPS) is 11.6. The van der Waals surface area contributed by atoms with E-state index in [1.807, 2.05) is 6.92 Å². The standard InChI is InChI=1S/C11H14N2O2S/c1-4-8(5-2)13-11-12-7-9(16-11)10(14)15-6-3/h1,7-8H,5-6H2,2-3H3,(H,12,13). The summed E-state index contributed by atoms with van der Waals surface area (Å²) in [4.78, 5) is 15.9. The molecule has 0 bridgehead atoms. The van der Waals surface area contributed by atoms with Gasteiger partial charge in [-0.3, -0.25) is 0 Å². The van der Waals surface area contributed by atoms with Gasteiger partial charge in [0.15, 0.2) is 5.13 Å². The molecule has 1 N–H and O–H groups in total. The Morgan fingerprint density at radius 1 is 1.75 bits per heavy atom. The number of aromatic nitrogens is 1. The molecule has 0 saturated heterocycles. The summed E-state index contributed by atoms with van der Waals surface area (Å²) < 4.78 is 4.86. The van der Waals surface area contributed by atoms with Gasteiger partial charge in [-0.25, -0.2) is 9.78 Å². The number of rotatable bonds is 5. The van der Waals surface area contributed by atoms with E-state index < -0.39 is 0 Å². The van der Waals surface area contributed by atoms with Crippen LogP contribution in [0.2, 0.25) is 0 Å². The maximum atomic E-state index is 11.4. The molecule has 16 heavy (non-hydrogen) atoms. The summed E-state index contributed by atoms with van der Waals surface area (Å²) in [6, 6.07) is -0.0544. The van der Waals surface area contributed by atoms with Crippen molar-refractivity contribution in [2.75, 3.05) is 11.9 Å². The van der Waals surface area contributed by atoms with Crippen molar-refractivity contribution in [2.24, 2.45) is 0 Å². The predicted octanol–water partition coefficient (Wildman–Crippen LogP) is 2.14. The zero-order valence-corrected chi connectivity index (χ0v) is 10.1. The Kier molecular flexibility index (Phi) is 4.80. The van der Waals surface area contributed by atoms with Crippen LogP contribution in [0.4, 0.5) is 5.13 Å². The van der Waals surface area contributed by atoms with Gasteiger partial charge < -0.3 is 10.1 Å². The van der Waals surface area contributed by atoms with Crippen molar-refractivity contribution in [3.05, 3.63) is 11.1 Å². The lowest BCUT2D eigenvalue weighted by atomic mass is 10.2. The lowest BCUT2D eigenvalue weighted by Crippen LogP contribution is -2.15. The van der Waals surface area contributed by atoms with E-state index in [0.29, 0.717) is 16.6 Å². The van der Waals surface area contributed by atoms with E-state index in [1.165, 1.54) is 17.5 Å². The molecule has 1 unspecified atom stereocenters. The topological polar surface area (TPSA) is 51.2 Å². The molecular weight excluding hydrogens is 224 g/mol. The fraction of sp³-hybridized carbons (Fsp3) is 0.455. The highest BCUT2D eigenvalue weighted by atomic mass is 32.1. The molecule has 1 atom stereocenters. The van der Waals surface area contributed by atoms with Crippen LogP contribution in [-0.2, 0) is 4.74 Å². The number of anilines is 1. The monoisotopic (exact) mass is 238 g/mol. The van der Waals surface area contributed by atoms with Crippen LogP contribution in [0.15, 0.2) is 6.20 Å². The first-order valence-electron chi connectivity index (χ1n) is 5.06. The van der Waals surface area contributed by atoms with Crippen molar-refractivity contribution < 1.29 is 9.53 Å². The largest absolute Gasteiger partial charge is 0.462 e. The zero-order valence-electron chi connectivity index (χ0n) is 9.32. The van der Waals surface area contributed by atoms with Gasteiger partial charge in [-0.2, -0.15) is 0 Å². The summed E-state index contributed by atoms with van der Waals surface area (Å²) in [5.41, 5.74) is 0. The van der Waals surface area contributed by atoms with Crippen LogP contribution in [0.25, 0.3) is 0 Å². The quantitative estimate of drug-likeness (QED) is 0.630. The summed E-state index contributed by atoms with van der Waals surface area (Å²) in [6.45, 7) is 4.11. The average Bonchev–Trinajstić information content (AvgIpc) is 2.74. The summed E-state index contributed by atoms with van der Waals surface area (Å²) in [5.74, 6) is 2.26. The molecule has 1 rings (SSSR count). The van der Waals surface area contributed by atoms with Crippen molar-refractivity contribution in [1.82, 2.24) is 4.98 Å². The van der Waals surface area contributed by atoms with Crippen molar-refractivity contribution in [3.8, 4) is 12.3 Å². The van der Waals surface area contributed by atoms with Gasteiger partial charge in [0.25, 0.3) is 0 Å². The molecule has 0 aromatic carbocycles. The Balaban J connectivity index is 2.65. The molecule has 0 aliphatic rings. The minimum Gasteiger partial charge on any atom is -0.462 e. The molecular formula is C11H14N2O2S. The predicted molar refractivity (Wildman–Crippen MR) is 64.6 cm³/mol. The lowest BCUT2D eigenvalue weighted by Gasteiger charge is -2.07. The number of nitrogens with zero attached hydrogens (tertiary/aromatic N) is 1. The molecule has 0 aliphatic carbocycles. The highest BCUT2D eigenvalue weighted by Gasteiger charge is 2.12. The van der Waals surface area contributed by atoms with E-state index >= 15 is 0 Å². The van der Waals surface area contributed by atoms with Crippen LogP contribution in [0.3, 0.4) is 0 Å². The van der Waals surface area contributed by atoms with Crippen LogP contribution in [0, 0.1) is 12.3 Å². The molecule has 0 aliphatic heterocycles. The zero-order chi connectivity index (χ0) is 12.0. The molecule has 1 aromatic rings.